The van der Waals surface area contributed by atoms with E-state index in [9.17, 15) is 5.11 Å². The Hall–Kier alpha value is -3.68. The molecule has 3 heterocycles. The highest BCUT2D eigenvalue weighted by atomic mass is 16.3. The van der Waals surface area contributed by atoms with Gasteiger partial charge < -0.3 is 16.2 Å². The second-order valence-electron chi connectivity index (χ2n) is 8.10. The number of aliphatic hydroxyl groups excluding tert-OH is 1. The van der Waals surface area contributed by atoms with Crippen molar-refractivity contribution in [2.24, 2.45) is 17.5 Å². The SMILES string of the molecule is CC(CO)CC/C(N)=C/N(N)c1cnc(-n2ncc3cc(C#N)cnc32)cc1NC(C)C. The van der Waals surface area contributed by atoms with E-state index in [4.69, 9.17) is 16.8 Å². The average molecular weight is 436 g/mol. The first kappa shape index (κ1) is 23.0. The van der Waals surface area contributed by atoms with E-state index in [0.717, 1.165) is 17.5 Å². The van der Waals surface area contributed by atoms with Gasteiger partial charge in [0.25, 0.3) is 0 Å². The molecule has 0 aliphatic heterocycles. The molecule has 0 saturated carbocycles. The lowest BCUT2D eigenvalue weighted by atomic mass is 10.1. The van der Waals surface area contributed by atoms with E-state index in [-0.39, 0.29) is 18.6 Å². The molecule has 10 heteroatoms. The van der Waals surface area contributed by atoms with Gasteiger partial charge in [-0.15, -0.1) is 0 Å². The molecule has 0 saturated heterocycles. The minimum atomic E-state index is 0.127. The third-order valence-electron chi connectivity index (χ3n) is 4.89. The van der Waals surface area contributed by atoms with Gasteiger partial charge in [-0.3, -0.25) is 5.01 Å². The summed E-state index contributed by atoms with van der Waals surface area (Å²) in [4.78, 5) is 8.88. The van der Waals surface area contributed by atoms with Gasteiger partial charge in [-0.25, -0.2) is 15.8 Å². The number of allylic oxidation sites excluding steroid dienone is 1. The van der Waals surface area contributed by atoms with Gasteiger partial charge in [-0.2, -0.15) is 15.0 Å². The minimum Gasteiger partial charge on any atom is -0.401 e. The van der Waals surface area contributed by atoms with Crippen LogP contribution in [0.2, 0.25) is 0 Å². The van der Waals surface area contributed by atoms with Crippen LogP contribution in [0, 0.1) is 17.2 Å². The van der Waals surface area contributed by atoms with Gasteiger partial charge in [0.15, 0.2) is 11.5 Å². The van der Waals surface area contributed by atoms with Crippen LogP contribution >= 0.6 is 0 Å². The van der Waals surface area contributed by atoms with Crippen molar-refractivity contribution >= 4 is 22.4 Å². The molecule has 3 rings (SSSR count). The highest BCUT2D eigenvalue weighted by molar-refractivity contribution is 5.78. The van der Waals surface area contributed by atoms with Gasteiger partial charge in [0.1, 0.15) is 6.07 Å². The van der Waals surface area contributed by atoms with Gasteiger partial charge >= 0.3 is 0 Å². The van der Waals surface area contributed by atoms with Crippen molar-refractivity contribution < 1.29 is 5.11 Å². The number of fused-ring (bicyclic) bond motifs is 1. The molecule has 168 valence electrons. The Kier molecular flexibility index (Phi) is 7.25. The number of nitrogens with zero attached hydrogens (tertiary/aromatic N) is 6. The Morgan fingerprint density at radius 3 is 2.75 bits per heavy atom. The van der Waals surface area contributed by atoms with E-state index < -0.39 is 0 Å². The second kappa shape index (κ2) is 10.1. The molecule has 1 atom stereocenters. The Morgan fingerprint density at radius 1 is 1.28 bits per heavy atom. The Balaban J connectivity index is 1.93. The second-order valence-corrected chi connectivity index (χ2v) is 8.10. The van der Waals surface area contributed by atoms with Crippen LogP contribution in [0.15, 0.2) is 42.6 Å². The van der Waals surface area contributed by atoms with Crippen LogP contribution in [-0.2, 0) is 0 Å². The summed E-state index contributed by atoms with van der Waals surface area (Å²) in [6.45, 7) is 6.15. The minimum absolute atomic E-state index is 0.127. The maximum Gasteiger partial charge on any atom is 0.164 e. The number of hydrogen-bond donors (Lipinski definition) is 4. The smallest absolute Gasteiger partial charge is 0.164 e. The Morgan fingerprint density at radius 2 is 2.06 bits per heavy atom. The van der Waals surface area contributed by atoms with Crippen LogP contribution in [0.25, 0.3) is 16.9 Å². The third-order valence-corrected chi connectivity index (χ3v) is 4.89. The molecular formula is C22H29N9O. The molecule has 0 aliphatic rings. The summed E-state index contributed by atoms with van der Waals surface area (Å²) in [5, 5.41) is 28.2. The topological polar surface area (TPSA) is 155 Å². The summed E-state index contributed by atoms with van der Waals surface area (Å²) >= 11 is 0. The number of anilines is 2. The van der Waals surface area contributed by atoms with Gasteiger partial charge in [0.2, 0.25) is 0 Å². The van der Waals surface area contributed by atoms with Crippen molar-refractivity contribution in [3.63, 3.8) is 0 Å². The molecule has 3 aromatic rings. The maximum atomic E-state index is 9.19. The summed E-state index contributed by atoms with van der Waals surface area (Å²) in [5.41, 5.74) is 9.23. The zero-order valence-electron chi connectivity index (χ0n) is 18.5. The van der Waals surface area contributed by atoms with E-state index >= 15 is 0 Å². The number of pyridine rings is 2. The van der Waals surface area contributed by atoms with E-state index in [1.54, 1.807) is 29.3 Å². The van der Waals surface area contributed by atoms with Crippen LogP contribution in [0.1, 0.15) is 39.2 Å². The van der Waals surface area contributed by atoms with E-state index in [1.807, 2.05) is 26.8 Å². The van der Waals surface area contributed by atoms with Crippen LogP contribution in [0.5, 0.6) is 0 Å². The summed E-state index contributed by atoms with van der Waals surface area (Å²) in [6.07, 6.45) is 7.88. The van der Waals surface area contributed by atoms with Crippen molar-refractivity contribution in [2.45, 2.75) is 39.7 Å². The number of aromatic nitrogens is 4. The molecule has 0 bridgehead atoms. The zero-order valence-corrected chi connectivity index (χ0v) is 18.5. The van der Waals surface area contributed by atoms with E-state index in [2.05, 4.69) is 26.5 Å². The molecule has 10 nitrogen and oxygen atoms in total. The third kappa shape index (κ3) is 5.32. The Bertz CT molecular complexity index is 1150. The van der Waals surface area contributed by atoms with Gasteiger partial charge in [-0.05, 0) is 38.7 Å². The maximum absolute atomic E-state index is 9.19. The van der Waals surface area contributed by atoms with E-state index in [1.165, 1.54) is 11.2 Å². The molecule has 0 radical (unpaired) electrons. The zero-order chi connectivity index (χ0) is 23.3. The molecule has 1 unspecified atom stereocenters. The fraction of sp³-hybridized carbons (Fsp3) is 0.364. The predicted molar refractivity (Wildman–Crippen MR) is 125 cm³/mol. The number of nitriles is 1. The molecule has 32 heavy (non-hydrogen) atoms. The molecule has 0 aliphatic carbocycles. The van der Waals surface area contributed by atoms with Gasteiger partial charge in [0, 0.05) is 42.2 Å². The average Bonchev–Trinajstić information content (AvgIpc) is 3.20. The predicted octanol–water partition coefficient (Wildman–Crippen LogP) is 2.40. The number of nitrogens with one attached hydrogen (secondary N) is 1. The van der Waals surface area contributed by atoms with Crippen LogP contribution < -0.4 is 21.9 Å². The number of rotatable bonds is 9. The number of nitrogens with two attached hydrogens (primary N) is 2. The first-order valence-electron chi connectivity index (χ1n) is 10.4. The van der Waals surface area contributed by atoms with Crippen LogP contribution in [0.3, 0.4) is 0 Å². The number of hydrazine groups is 1. The standard InChI is InChI=1S/C22H29N9O/c1-14(2)29-19-7-21(31-22-17(10-28-31)6-16(8-23)9-27-22)26-11-20(19)30(25)12-18(24)5-4-15(3)13-32/h6-7,9-12,14-15,32H,4-5,13,24-25H2,1-3H3,(H,26,29)/b18-12-. The lowest BCUT2D eigenvalue weighted by molar-refractivity contribution is 0.230. The molecular weight excluding hydrogens is 406 g/mol. The molecule has 6 N–H and O–H groups in total. The van der Waals surface area contributed by atoms with Crippen molar-refractivity contribution in [1.29, 1.82) is 5.26 Å². The van der Waals surface area contributed by atoms with Crippen molar-refractivity contribution in [1.82, 2.24) is 19.7 Å². The van der Waals surface area contributed by atoms with Crippen molar-refractivity contribution in [3.8, 4) is 11.9 Å². The summed E-state index contributed by atoms with van der Waals surface area (Å²) in [5.74, 6) is 7.02. The van der Waals surface area contributed by atoms with Crippen molar-refractivity contribution in [3.05, 3.63) is 48.2 Å². The molecule has 3 aromatic heterocycles. The van der Waals surface area contributed by atoms with Crippen molar-refractivity contribution in [2.75, 3.05) is 16.9 Å². The molecule has 0 amide bonds. The quantitative estimate of drug-likeness (QED) is 0.293. The Labute approximate surface area is 187 Å². The fourth-order valence-electron chi connectivity index (χ4n) is 3.15. The summed E-state index contributed by atoms with van der Waals surface area (Å²) in [6, 6.07) is 5.81. The van der Waals surface area contributed by atoms with Gasteiger partial charge in [0.05, 0.1) is 29.3 Å². The monoisotopic (exact) mass is 435 g/mol. The highest BCUT2D eigenvalue weighted by Crippen LogP contribution is 2.28. The van der Waals surface area contributed by atoms with Gasteiger partial charge in [-0.1, -0.05) is 6.92 Å². The first-order chi connectivity index (χ1) is 15.3. The fourth-order valence-corrected chi connectivity index (χ4v) is 3.15. The first-order valence-corrected chi connectivity index (χ1v) is 10.4. The molecule has 0 fully saturated rings. The normalized spacial score (nSPS) is 12.7. The summed E-state index contributed by atoms with van der Waals surface area (Å²) < 4.78 is 1.62. The molecule has 0 aromatic carbocycles. The lowest BCUT2D eigenvalue weighted by Crippen LogP contribution is -2.28. The number of hydrogen-bond acceptors (Lipinski definition) is 9. The van der Waals surface area contributed by atoms with Crippen LogP contribution in [0.4, 0.5) is 11.4 Å². The van der Waals surface area contributed by atoms with E-state index in [0.29, 0.717) is 34.8 Å². The lowest BCUT2D eigenvalue weighted by Gasteiger charge is -2.22. The molecule has 0 spiro atoms. The van der Waals surface area contributed by atoms with Crippen LogP contribution in [-0.4, -0.2) is 37.5 Å². The highest BCUT2D eigenvalue weighted by Gasteiger charge is 2.14. The largest absolute Gasteiger partial charge is 0.401 e. The summed E-state index contributed by atoms with van der Waals surface area (Å²) in [7, 11) is 0. The number of aliphatic hydroxyl groups is 1.